The van der Waals surface area contributed by atoms with Gasteiger partial charge in [0.05, 0.1) is 7.11 Å². The number of nitrogens with zero attached hydrogens (tertiary/aromatic N) is 1. The fourth-order valence-corrected chi connectivity index (χ4v) is 1.58. The summed E-state index contributed by atoms with van der Waals surface area (Å²) in [5, 5.41) is 3.25. The quantitative estimate of drug-likeness (QED) is 0.659. The highest BCUT2D eigenvalue weighted by Gasteiger charge is 2.13. The zero-order valence-corrected chi connectivity index (χ0v) is 8.04. The van der Waals surface area contributed by atoms with Crippen molar-refractivity contribution in [2.24, 2.45) is 0 Å². The highest BCUT2D eigenvalue weighted by molar-refractivity contribution is 5.87. The maximum atomic E-state index is 11.2. The van der Waals surface area contributed by atoms with Gasteiger partial charge in [-0.15, -0.1) is 0 Å². The van der Waals surface area contributed by atoms with E-state index in [1.807, 2.05) is 6.07 Å². The van der Waals surface area contributed by atoms with Crippen LogP contribution >= 0.6 is 0 Å². The molecule has 0 atom stereocenters. The summed E-state index contributed by atoms with van der Waals surface area (Å²) in [6, 6.07) is 1.82. The van der Waals surface area contributed by atoms with Gasteiger partial charge in [0.15, 0.2) is 0 Å². The standard InChI is InChI=1S/C10H12N2O2/c1-14-10(13)9-4-7-2-3-11-5-8(7)6-12-9/h4,6,11H,2-3,5H2,1H3. The number of rotatable bonds is 1. The van der Waals surface area contributed by atoms with E-state index < -0.39 is 0 Å². The van der Waals surface area contributed by atoms with E-state index in [1.165, 1.54) is 18.2 Å². The van der Waals surface area contributed by atoms with E-state index in [-0.39, 0.29) is 5.97 Å². The Morgan fingerprint density at radius 1 is 1.57 bits per heavy atom. The number of hydrogen-bond acceptors (Lipinski definition) is 4. The lowest BCUT2D eigenvalue weighted by Gasteiger charge is -2.16. The fourth-order valence-electron chi connectivity index (χ4n) is 1.58. The van der Waals surface area contributed by atoms with E-state index in [2.05, 4.69) is 15.0 Å². The number of aromatic nitrogens is 1. The molecule has 1 aliphatic rings. The van der Waals surface area contributed by atoms with Gasteiger partial charge in [0.2, 0.25) is 0 Å². The van der Waals surface area contributed by atoms with Gasteiger partial charge < -0.3 is 10.1 Å². The molecular formula is C10H12N2O2. The molecule has 0 saturated carbocycles. The number of pyridine rings is 1. The highest BCUT2D eigenvalue weighted by atomic mass is 16.5. The molecule has 2 rings (SSSR count). The Morgan fingerprint density at radius 3 is 3.21 bits per heavy atom. The number of hydrogen-bond donors (Lipinski definition) is 1. The maximum Gasteiger partial charge on any atom is 0.356 e. The van der Waals surface area contributed by atoms with Gasteiger partial charge in [-0.1, -0.05) is 0 Å². The third-order valence-corrected chi connectivity index (χ3v) is 2.36. The second-order valence-electron chi connectivity index (χ2n) is 3.26. The minimum Gasteiger partial charge on any atom is -0.464 e. The lowest BCUT2D eigenvalue weighted by Crippen LogP contribution is -2.24. The number of carbonyl (C=O) groups excluding carboxylic acids is 1. The lowest BCUT2D eigenvalue weighted by atomic mass is 10.0. The van der Waals surface area contributed by atoms with Crippen molar-refractivity contribution in [3.05, 3.63) is 29.1 Å². The normalized spacial score (nSPS) is 14.6. The first kappa shape index (κ1) is 9.15. The number of methoxy groups -OCH3 is 1. The van der Waals surface area contributed by atoms with Crippen LogP contribution < -0.4 is 5.32 Å². The average molecular weight is 192 g/mol. The number of fused-ring (bicyclic) bond motifs is 1. The Hall–Kier alpha value is -1.42. The van der Waals surface area contributed by atoms with Crippen molar-refractivity contribution in [1.82, 2.24) is 10.3 Å². The fraction of sp³-hybridized carbons (Fsp3) is 0.400. The first-order valence-electron chi connectivity index (χ1n) is 4.58. The van der Waals surface area contributed by atoms with Gasteiger partial charge in [0.25, 0.3) is 0 Å². The molecule has 0 unspecified atom stereocenters. The molecule has 4 nitrogen and oxygen atoms in total. The zero-order valence-electron chi connectivity index (χ0n) is 8.04. The molecule has 0 saturated heterocycles. The molecule has 74 valence electrons. The van der Waals surface area contributed by atoms with Crippen LogP contribution in [0, 0.1) is 0 Å². The van der Waals surface area contributed by atoms with Crippen molar-refractivity contribution in [1.29, 1.82) is 0 Å². The molecule has 1 aromatic rings. The van der Waals surface area contributed by atoms with Gasteiger partial charge in [0, 0.05) is 12.7 Å². The van der Waals surface area contributed by atoms with Crippen LogP contribution in [-0.4, -0.2) is 24.6 Å². The van der Waals surface area contributed by atoms with E-state index in [0.717, 1.165) is 19.5 Å². The maximum absolute atomic E-state index is 11.2. The summed E-state index contributed by atoms with van der Waals surface area (Å²) in [6.45, 7) is 1.79. The van der Waals surface area contributed by atoms with Crippen LogP contribution in [0.2, 0.25) is 0 Å². The van der Waals surface area contributed by atoms with Crippen LogP contribution in [0.25, 0.3) is 0 Å². The summed E-state index contributed by atoms with van der Waals surface area (Å²) in [6.07, 6.45) is 2.69. The molecule has 2 heterocycles. The van der Waals surface area contributed by atoms with E-state index in [4.69, 9.17) is 0 Å². The van der Waals surface area contributed by atoms with Crippen LogP contribution in [0.5, 0.6) is 0 Å². The zero-order chi connectivity index (χ0) is 9.97. The molecule has 0 radical (unpaired) electrons. The van der Waals surface area contributed by atoms with Gasteiger partial charge in [-0.05, 0) is 30.2 Å². The number of esters is 1. The van der Waals surface area contributed by atoms with Gasteiger partial charge >= 0.3 is 5.97 Å². The third-order valence-electron chi connectivity index (χ3n) is 2.36. The van der Waals surface area contributed by atoms with Crippen molar-refractivity contribution in [3.8, 4) is 0 Å². The molecule has 4 heteroatoms. The summed E-state index contributed by atoms with van der Waals surface area (Å²) in [4.78, 5) is 15.2. The molecule has 0 fully saturated rings. The molecule has 0 aliphatic carbocycles. The summed E-state index contributed by atoms with van der Waals surface area (Å²) in [5.41, 5.74) is 2.76. The second kappa shape index (κ2) is 3.75. The lowest BCUT2D eigenvalue weighted by molar-refractivity contribution is 0.0594. The van der Waals surface area contributed by atoms with Crippen molar-refractivity contribution in [2.45, 2.75) is 13.0 Å². The SMILES string of the molecule is COC(=O)c1cc2c(cn1)CNCC2. The molecule has 0 bridgehead atoms. The predicted octanol–water partition coefficient (Wildman–Crippen LogP) is 0.514. The molecule has 14 heavy (non-hydrogen) atoms. The van der Waals surface area contributed by atoms with Gasteiger partial charge in [-0.3, -0.25) is 0 Å². The Labute approximate surface area is 82.3 Å². The largest absolute Gasteiger partial charge is 0.464 e. The number of ether oxygens (including phenoxy) is 1. The minimum atomic E-state index is -0.369. The Morgan fingerprint density at radius 2 is 2.43 bits per heavy atom. The minimum absolute atomic E-state index is 0.369. The molecule has 1 N–H and O–H groups in total. The Kier molecular flexibility index (Phi) is 2.45. The smallest absolute Gasteiger partial charge is 0.356 e. The summed E-state index contributed by atoms with van der Waals surface area (Å²) >= 11 is 0. The molecule has 0 aromatic carbocycles. The summed E-state index contributed by atoms with van der Waals surface area (Å²) in [5.74, 6) is -0.369. The van der Waals surface area contributed by atoms with Crippen LogP contribution in [0.1, 0.15) is 21.6 Å². The molecule has 0 amide bonds. The monoisotopic (exact) mass is 192 g/mol. The third kappa shape index (κ3) is 1.61. The molecule has 1 aliphatic heterocycles. The summed E-state index contributed by atoms with van der Waals surface area (Å²) in [7, 11) is 1.37. The summed E-state index contributed by atoms with van der Waals surface area (Å²) < 4.78 is 4.61. The van der Waals surface area contributed by atoms with Crippen molar-refractivity contribution < 1.29 is 9.53 Å². The predicted molar refractivity (Wildman–Crippen MR) is 51.0 cm³/mol. The molecular weight excluding hydrogens is 180 g/mol. The van der Waals surface area contributed by atoms with E-state index in [9.17, 15) is 4.79 Å². The number of carbonyl (C=O) groups is 1. The van der Waals surface area contributed by atoms with E-state index >= 15 is 0 Å². The van der Waals surface area contributed by atoms with Crippen molar-refractivity contribution in [2.75, 3.05) is 13.7 Å². The van der Waals surface area contributed by atoms with E-state index in [1.54, 1.807) is 6.20 Å². The van der Waals surface area contributed by atoms with Crippen LogP contribution in [-0.2, 0) is 17.7 Å². The second-order valence-corrected chi connectivity index (χ2v) is 3.26. The first-order chi connectivity index (χ1) is 6.81. The van der Waals surface area contributed by atoms with E-state index in [0.29, 0.717) is 5.69 Å². The Bertz CT molecular complexity index is 363. The van der Waals surface area contributed by atoms with Gasteiger partial charge in [-0.2, -0.15) is 0 Å². The van der Waals surface area contributed by atoms with Gasteiger partial charge in [-0.25, -0.2) is 9.78 Å². The Balaban J connectivity index is 2.33. The average Bonchev–Trinajstić information content (AvgIpc) is 2.27. The number of nitrogens with one attached hydrogen (secondary N) is 1. The van der Waals surface area contributed by atoms with Crippen molar-refractivity contribution in [3.63, 3.8) is 0 Å². The topological polar surface area (TPSA) is 51.2 Å². The molecule has 0 spiro atoms. The molecule has 1 aromatic heterocycles. The highest BCUT2D eigenvalue weighted by Crippen LogP contribution is 2.13. The first-order valence-corrected chi connectivity index (χ1v) is 4.58. The van der Waals surface area contributed by atoms with Crippen LogP contribution in [0.3, 0.4) is 0 Å². The van der Waals surface area contributed by atoms with Crippen molar-refractivity contribution >= 4 is 5.97 Å². The van der Waals surface area contributed by atoms with Crippen LogP contribution in [0.15, 0.2) is 12.3 Å². The van der Waals surface area contributed by atoms with Crippen LogP contribution in [0.4, 0.5) is 0 Å². The van der Waals surface area contributed by atoms with Gasteiger partial charge in [0.1, 0.15) is 5.69 Å².